The fourth-order valence-electron chi connectivity index (χ4n) is 3.99. The van der Waals surface area contributed by atoms with Gasteiger partial charge in [-0.05, 0) is 41.6 Å². The van der Waals surface area contributed by atoms with E-state index in [0.29, 0.717) is 32.6 Å². The van der Waals surface area contributed by atoms with E-state index in [9.17, 15) is 14.0 Å². The normalized spacial score (nSPS) is 14.9. The van der Waals surface area contributed by atoms with Gasteiger partial charge < -0.3 is 14.5 Å². The molecule has 1 fully saturated rings. The molecule has 1 aromatic heterocycles. The molecule has 0 N–H and O–H groups in total. The highest BCUT2D eigenvalue weighted by molar-refractivity contribution is 5.85. The molecule has 1 atom stereocenters. The van der Waals surface area contributed by atoms with Crippen molar-refractivity contribution < 1.29 is 18.7 Å². The van der Waals surface area contributed by atoms with Gasteiger partial charge in [0.15, 0.2) is 6.61 Å². The Kier molecular flexibility index (Phi) is 6.63. The van der Waals surface area contributed by atoms with Gasteiger partial charge in [-0.2, -0.15) is 0 Å². The van der Waals surface area contributed by atoms with Crippen LogP contribution in [0.4, 0.5) is 10.1 Å². The lowest BCUT2D eigenvalue weighted by atomic mass is 9.98. The summed E-state index contributed by atoms with van der Waals surface area (Å²) < 4.78 is 18.4. The number of fused-ring (bicyclic) bond motifs is 1. The number of nitrogens with zero attached hydrogens (tertiary/aromatic N) is 3. The molecular formula is C25H26FN3O3. The van der Waals surface area contributed by atoms with Gasteiger partial charge in [0.05, 0.1) is 5.92 Å². The molecule has 1 saturated heterocycles. The van der Waals surface area contributed by atoms with Gasteiger partial charge in [0.1, 0.15) is 5.82 Å². The minimum atomic E-state index is -0.392. The first-order chi connectivity index (χ1) is 15.5. The molecule has 3 aromatic rings. The summed E-state index contributed by atoms with van der Waals surface area (Å²) in [6.45, 7) is 3.91. The SMILES string of the molecule is CC(Cc1cncc2ccccc12)C(=O)OCC(=O)N1CCN(c2ccc(F)cc2)CC1. The molecule has 4 rings (SSSR count). The first kappa shape index (κ1) is 21.7. The Balaban J connectivity index is 1.25. The van der Waals surface area contributed by atoms with Crippen molar-refractivity contribution in [2.24, 2.45) is 5.92 Å². The topological polar surface area (TPSA) is 62.7 Å². The van der Waals surface area contributed by atoms with Gasteiger partial charge >= 0.3 is 5.97 Å². The van der Waals surface area contributed by atoms with E-state index >= 15 is 0 Å². The van der Waals surface area contributed by atoms with Gasteiger partial charge in [-0.15, -0.1) is 0 Å². The lowest BCUT2D eigenvalue weighted by Gasteiger charge is -2.36. The summed E-state index contributed by atoms with van der Waals surface area (Å²) in [7, 11) is 0. The van der Waals surface area contributed by atoms with Crippen LogP contribution in [0, 0.1) is 11.7 Å². The van der Waals surface area contributed by atoms with E-state index in [1.54, 1.807) is 36.4 Å². The Morgan fingerprint density at radius 2 is 1.75 bits per heavy atom. The number of halogens is 1. The largest absolute Gasteiger partial charge is 0.455 e. The maximum atomic E-state index is 13.1. The van der Waals surface area contributed by atoms with Crippen molar-refractivity contribution >= 4 is 28.3 Å². The Morgan fingerprint density at radius 1 is 1.03 bits per heavy atom. The number of piperazine rings is 1. The molecule has 1 amide bonds. The summed E-state index contributed by atoms with van der Waals surface area (Å²) in [6.07, 6.45) is 4.08. The molecule has 0 bridgehead atoms. The second-order valence-electron chi connectivity index (χ2n) is 8.08. The second-order valence-corrected chi connectivity index (χ2v) is 8.08. The van der Waals surface area contributed by atoms with Crippen molar-refractivity contribution in [3.63, 3.8) is 0 Å². The molecule has 32 heavy (non-hydrogen) atoms. The fraction of sp³-hybridized carbons (Fsp3) is 0.320. The standard InChI is InChI=1S/C25H26FN3O3/c1-18(14-20-16-27-15-19-4-2-3-5-23(19)20)25(31)32-17-24(30)29-12-10-28(11-13-29)22-8-6-21(26)7-9-22/h2-9,15-16,18H,10-14,17H2,1H3. The van der Waals surface area contributed by atoms with Crippen LogP contribution in [0.3, 0.4) is 0 Å². The lowest BCUT2D eigenvalue weighted by molar-refractivity contribution is -0.155. The molecule has 1 unspecified atom stereocenters. The zero-order valence-electron chi connectivity index (χ0n) is 18.0. The number of amides is 1. The minimum absolute atomic E-state index is 0.198. The first-order valence-corrected chi connectivity index (χ1v) is 10.8. The van der Waals surface area contributed by atoms with Crippen LogP contribution in [0.5, 0.6) is 0 Å². The number of carbonyl (C=O) groups excluding carboxylic acids is 2. The Hall–Kier alpha value is -3.48. The van der Waals surface area contributed by atoms with Crippen LogP contribution in [0.15, 0.2) is 60.9 Å². The highest BCUT2D eigenvalue weighted by atomic mass is 19.1. The monoisotopic (exact) mass is 435 g/mol. The van der Waals surface area contributed by atoms with E-state index in [4.69, 9.17) is 4.74 Å². The predicted molar refractivity (Wildman–Crippen MR) is 121 cm³/mol. The molecule has 166 valence electrons. The molecule has 2 heterocycles. The van der Waals surface area contributed by atoms with Crippen LogP contribution in [0.1, 0.15) is 12.5 Å². The van der Waals surface area contributed by atoms with Crippen molar-refractivity contribution in [2.75, 3.05) is 37.7 Å². The summed E-state index contributed by atoms with van der Waals surface area (Å²) >= 11 is 0. The Bertz CT molecular complexity index is 1090. The number of pyridine rings is 1. The van der Waals surface area contributed by atoms with Crippen LogP contribution in [-0.2, 0) is 20.7 Å². The number of esters is 1. The number of rotatable bonds is 6. The summed E-state index contributed by atoms with van der Waals surface area (Å²) in [4.78, 5) is 33.1. The first-order valence-electron chi connectivity index (χ1n) is 10.8. The zero-order chi connectivity index (χ0) is 22.5. The predicted octanol–water partition coefficient (Wildman–Crippen LogP) is 3.44. The number of anilines is 1. The third-order valence-electron chi connectivity index (χ3n) is 5.84. The van der Waals surface area contributed by atoms with Crippen molar-refractivity contribution in [1.82, 2.24) is 9.88 Å². The number of hydrogen-bond donors (Lipinski definition) is 0. The van der Waals surface area contributed by atoms with Crippen molar-refractivity contribution in [1.29, 1.82) is 0 Å². The van der Waals surface area contributed by atoms with E-state index < -0.39 is 5.97 Å². The van der Waals surface area contributed by atoms with E-state index in [2.05, 4.69) is 9.88 Å². The van der Waals surface area contributed by atoms with E-state index in [1.165, 1.54) is 12.1 Å². The van der Waals surface area contributed by atoms with Crippen molar-refractivity contribution in [3.05, 3.63) is 72.3 Å². The Morgan fingerprint density at radius 3 is 2.50 bits per heavy atom. The highest BCUT2D eigenvalue weighted by Crippen LogP contribution is 2.21. The number of benzene rings is 2. The highest BCUT2D eigenvalue weighted by Gasteiger charge is 2.24. The number of hydrogen-bond acceptors (Lipinski definition) is 5. The van der Waals surface area contributed by atoms with Crippen LogP contribution in [0.25, 0.3) is 10.8 Å². The third-order valence-corrected chi connectivity index (χ3v) is 5.84. The average molecular weight is 435 g/mol. The molecule has 1 aliphatic rings. The molecule has 0 aliphatic carbocycles. The van der Waals surface area contributed by atoms with Crippen LogP contribution >= 0.6 is 0 Å². The van der Waals surface area contributed by atoms with Gasteiger partial charge in [0.25, 0.3) is 5.91 Å². The van der Waals surface area contributed by atoms with Gasteiger partial charge in [-0.25, -0.2) is 4.39 Å². The summed E-state index contributed by atoms with van der Waals surface area (Å²) in [5.41, 5.74) is 1.91. The summed E-state index contributed by atoms with van der Waals surface area (Å²) in [5.74, 6) is -1.24. The van der Waals surface area contributed by atoms with Gasteiger partial charge in [-0.3, -0.25) is 14.6 Å². The molecule has 2 aromatic carbocycles. The molecular weight excluding hydrogens is 409 g/mol. The molecule has 6 nitrogen and oxygen atoms in total. The number of ether oxygens (including phenoxy) is 1. The average Bonchev–Trinajstić information content (AvgIpc) is 2.83. The summed E-state index contributed by atoms with van der Waals surface area (Å²) in [5, 5.41) is 2.10. The van der Waals surface area contributed by atoms with Crippen LogP contribution in [0.2, 0.25) is 0 Å². The fourth-order valence-corrected chi connectivity index (χ4v) is 3.99. The van der Waals surface area contributed by atoms with Gasteiger partial charge in [-0.1, -0.05) is 31.2 Å². The lowest BCUT2D eigenvalue weighted by Crippen LogP contribution is -2.50. The number of aromatic nitrogens is 1. The maximum absolute atomic E-state index is 13.1. The quantitative estimate of drug-likeness (QED) is 0.555. The van der Waals surface area contributed by atoms with Gasteiger partial charge in [0, 0.05) is 49.6 Å². The van der Waals surface area contributed by atoms with Crippen molar-refractivity contribution in [2.45, 2.75) is 13.3 Å². The molecule has 0 radical (unpaired) electrons. The molecule has 1 aliphatic heterocycles. The summed E-state index contributed by atoms with van der Waals surface area (Å²) in [6, 6.07) is 14.3. The second kappa shape index (κ2) is 9.77. The molecule has 0 spiro atoms. The van der Waals surface area contributed by atoms with E-state index in [0.717, 1.165) is 22.0 Å². The van der Waals surface area contributed by atoms with Gasteiger partial charge in [0.2, 0.25) is 0 Å². The van der Waals surface area contributed by atoms with Crippen molar-refractivity contribution in [3.8, 4) is 0 Å². The smallest absolute Gasteiger partial charge is 0.309 e. The minimum Gasteiger partial charge on any atom is -0.455 e. The third kappa shape index (κ3) is 5.04. The zero-order valence-corrected chi connectivity index (χ0v) is 18.0. The molecule has 0 saturated carbocycles. The Labute approximate surface area is 186 Å². The van der Waals surface area contributed by atoms with E-state index in [-0.39, 0.29) is 24.2 Å². The number of carbonyl (C=O) groups is 2. The maximum Gasteiger partial charge on any atom is 0.309 e. The molecule has 7 heteroatoms. The van der Waals surface area contributed by atoms with Crippen LogP contribution in [-0.4, -0.2) is 54.5 Å². The van der Waals surface area contributed by atoms with Crippen LogP contribution < -0.4 is 4.90 Å². The van der Waals surface area contributed by atoms with E-state index in [1.807, 2.05) is 24.3 Å².